The molecule has 0 bridgehead atoms. The van der Waals surface area contributed by atoms with Crippen molar-refractivity contribution in [1.29, 1.82) is 0 Å². The number of carbonyl (C=O) groups is 1. The molecule has 0 spiro atoms. The number of rotatable bonds is 4. The highest BCUT2D eigenvalue weighted by Crippen LogP contribution is 2.22. The molecule has 0 saturated carbocycles. The van der Waals surface area contributed by atoms with Crippen molar-refractivity contribution < 1.29 is 4.79 Å². The van der Waals surface area contributed by atoms with Crippen LogP contribution in [0.4, 0.5) is 5.69 Å². The van der Waals surface area contributed by atoms with Crippen LogP contribution >= 0.6 is 11.6 Å². The van der Waals surface area contributed by atoms with Crippen molar-refractivity contribution in [3.8, 4) is 0 Å². The molecule has 1 aliphatic rings. The molecule has 0 atom stereocenters. The van der Waals surface area contributed by atoms with Crippen molar-refractivity contribution in [2.75, 3.05) is 18.4 Å². The van der Waals surface area contributed by atoms with Gasteiger partial charge in [0.1, 0.15) is 0 Å². The Hall–Kier alpha value is -2.43. The molecule has 0 radical (unpaired) electrons. The number of hydrogen-bond donors (Lipinski definition) is 1. The summed E-state index contributed by atoms with van der Waals surface area (Å²) in [6.45, 7) is 5.09. The highest BCUT2D eigenvalue weighted by atomic mass is 35.5. The van der Waals surface area contributed by atoms with Gasteiger partial charge in [-0.05, 0) is 74.8 Å². The van der Waals surface area contributed by atoms with Gasteiger partial charge < -0.3 is 5.32 Å². The molecule has 27 heavy (non-hydrogen) atoms. The van der Waals surface area contributed by atoms with E-state index in [-0.39, 0.29) is 5.91 Å². The van der Waals surface area contributed by atoms with E-state index in [2.05, 4.69) is 27.3 Å². The minimum atomic E-state index is -0.153. The summed E-state index contributed by atoms with van der Waals surface area (Å²) in [5.74, 6) is -0.153. The third kappa shape index (κ3) is 4.12. The zero-order valence-electron chi connectivity index (χ0n) is 15.3. The highest BCUT2D eigenvalue weighted by Gasteiger charge is 2.14. The van der Waals surface area contributed by atoms with E-state index in [1.54, 1.807) is 0 Å². The number of likely N-dealkylation sites (tertiary alicyclic amines) is 1. The quantitative estimate of drug-likeness (QED) is 0.690. The fraction of sp³-hybridized carbons (Fsp3) is 0.273. The molecule has 2 heterocycles. The Morgan fingerprint density at radius 1 is 1.15 bits per heavy atom. The molecule has 1 fully saturated rings. The first-order valence-corrected chi connectivity index (χ1v) is 9.66. The number of nitrogens with one attached hydrogen (secondary N) is 1. The number of halogens is 1. The fourth-order valence-electron chi connectivity index (χ4n) is 3.62. The average molecular weight is 380 g/mol. The van der Waals surface area contributed by atoms with E-state index in [0.717, 1.165) is 36.2 Å². The lowest BCUT2D eigenvalue weighted by Crippen LogP contribution is -2.18. The standard InChI is InChI=1S/C22H22ClN3O/c1-15-20(13-17-12-18(23)7-8-21(17)24-15)22(27)25-19-6-4-5-16(11-19)14-26-9-2-3-10-26/h4-8,11-13H,2-3,9-10,14H2,1H3,(H,25,27). The number of anilines is 1. The van der Waals surface area contributed by atoms with Crippen LogP contribution in [-0.2, 0) is 6.54 Å². The fourth-order valence-corrected chi connectivity index (χ4v) is 3.80. The van der Waals surface area contributed by atoms with Crippen LogP contribution in [0, 0.1) is 6.92 Å². The second kappa shape index (κ2) is 7.67. The summed E-state index contributed by atoms with van der Waals surface area (Å²) >= 11 is 6.08. The second-order valence-corrected chi connectivity index (χ2v) is 7.53. The van der Waals surface area contributed by atoms with Gasteiger partial charge in [-0.2, -0.15) is 0 Å². The molecule has 3 aromatic rings. The average Bonchev–Trinajstić information content (AvgIpc) is 3.14. The van der Waals surface area contributed by atoms with Gasteiger partial charge >= 0.3 is 0 Å². The second-order valence-electron chi connectivity index (χ2n) is 7.10. The van der Waals surface area contributed by atoms with Crippen molar-refractivity contribution in [3.63, 3.8) is 0 Å². The SMILES string of the molecule is Cc1nc2ccc(Cl)cc2cc1C(=O)Nc1cccc(CN2CCCC2)c1. The van der Waals surface area contributed by atoms with Crippen LogP contribution in [0.3, 0.4) is 0 Å². The van der Waals surface area contributed by atoms with Crippen LogP contribution in [0.25, 0.3) is 10.9 Å². The van der Waals surface area contributed by atoms with Crippen LogP contribution in [0.2, 0.25) is 5.02 Å². The zero-order valence-corrected chi connectivity index (χ0v) is 16.1. The summed E-state index contributed by atoms with van der Waals surface area (Å²) < 4.78 is 0. The first kappa shape index (κ1) is 18.0. The van der Waals surface area contributed by atoms with Gasteiger partial charge in [0, 0.05) is 22.6 Å². The predicted octanol–water partition coefficient (Wildman–Crippen LogP) is 5.04. The summed E-state index contributed by atoms with van der Waals surface area (Å²) in [7, 11) is 0. The normalized spacial score (nSPS) is 14.6. The Labute approximate surface area is 164 Å². The number of aromatic nitrogens is 1. The van der Waals surface area contributed by atoms with Gasteiger partial charge in [0.15, 0.2) is 0 Å². The number of benzene rings is 2. The molecular formula is C22H22ClN3O. The molecular weight excluding hydrogens is 358 g/mol. The summed E-state index contributed by atoms with van der Waals surface area (Å²) in [6, 6.07) is 15.4. The minimum Gasteiger partial charge on any atom is -0.322 e. The lowest BCUT2D eigenvalue weighted by atomic mass is 10.1. The molecule has 4 rings (SSSR count). The maximum Gasteiger partial charge on any atom is 0.257 e. The summed E-state index contributed by atoms with van der Waals surface area (Å²) in [4.78, 5) is 19.8. The molecule has 1 N–H and O–H groups in total. The van der Waals surface area contributed by atoms with Crippen molar-refractivity contribution in [2.45, 2.75) is 26.3 Å². The topological polar surface area (TPSA) is 45.2 Å². The third-order valence-electron chi connectivity index (χ3n) is 5.00. The van der Waals surface area contributed by atoms with Crippen LogP contribution < -0.4 is 5.32 Å². The molecule has 1 aliphatic heterocycles. The van der Waals surface area contributed by atoms with E-state index >= 15 is 0 Å². The Morgan fingerprint density at radius 2 is 1.96 bits per heavy atom. The number of aryl methyl sites for hydroxylation is 1. The number of fused-ring (bicyclic) bond motifs is 1. The smallest absolute Gasteiger partial charge is 0.257 e. The summed E-state index contributed by atoms with van der Waals surface area (Å²) in [5, 5.41) is 4.51. The van der Waals surface area contributed by atoms with E-state index in [0.29, 0.717) is 16.3 Å². The molecule has 5 heteroatoms. The Balaban J connectivity index is 1.55. The van der Waals surface area contributed by atoms with Crippen molar-refractivity contribution in [1.82, 2.24) is 9.88 Å². The number of pyridine rings is 1. The van der Waals surface area contributed by atoms with Gasteiger partial charge in [-0.15, -0.1) is 0 Å². The lowest BCUT2D eigenvalue weighted by molar-refractivity contribution is 0.102. The molecule has 138 valence electrons. The molecule has 2 aromatic carbocycles. The zero-order chi connectivity index (χ0) is 18.8. The largest absolute Gasteiger partial charge is 0.322 e. The highest BCUT2D eigenvalue weighted by molar-refractivity contribution is 6.31. The minimum absolute atomic E-state index is 0.153. The van der Waals surface area contributed by atoms with Crippen LogP contribution in [-0.4, -0.2) is 28.9 Å². The molecule has 1 amide bonds. The van der Waals surface area contributed by atoms with Gasteiger partial charge in [0.05, 0.1) is 16.8 Å². The Bertz CT molecular complexity index is 996. The lowest BCUT2D eigenvalue weighted by Gasteiger charge is -2.15. The maximum atomic E-state index is 12.8. The first-order valence-electron chi connectivity index (χ1n) is 9.28. The molecule has 4 nitrogen and oxygen atoms in total. The van der Waals surface area contributed by atoms with Gasteiger partial charge in [0.25, 0.3) is 5.91 Å². The molecule has 0 aliphatic carbocycles. The summed E-state index contributed by atoms with van der Waals surface area (Å²) in [6.07, 6.45) is 2.55. The Kier molecular flexibility index (Phi) is 5.10. The van der Waals surface area contributed by atoms with Gasteiger partial charge in [-0.25, -0.2) is 0 Å². The van der Waals surface area contributed by atoms with E-state index in [9.17, 15) is 4.79 Å². The van der Waals surface area contributed by atoms with Crippen molar-refractivity contribution in [2.24, 2.45) is 0 Å². The monoisotopic (exact) mass is 379 g/mol. The van der Waals surface area contributed by atoms with Gasteiger partial charge in [-0.1, -0.05) is 23.7 Å². The number of amides is 1. The predicted molar refractivity (Wildman–Crippen MR) is 110 cm³/mol. The van der Waals surface area contributed by atoms with Gasteiger partial charge in [-0.3, -0.25) is 14.7 Å². The van der Waals surface area contributed by atoms with Crippen molar-refractivity contribution in [3.05, 3.63) is 70.4 Å². The van der Waals surface area contributed by atoms with Crippen molar-refractivity contribution >= 4 is 34.1 Å². The van der Waals surface area contributed by atoms with E-state index in [4.69, 9.17) is 11.6 Å². The first-order chi connectivity index (χ1) is 13.1. The molecule has 1 saturated heterocycles. The number of nitrogens with zero attached hydrogens (tertiary/aromatic N) is 2. The van der Waals surface area contributed by atoms with Crippen LogP contribution in [0.1, 0.15) is 34.5 Å². The summed E-state index contributed by atoms with van der Waals surface area (Å²) in [5.41, 5.74) is 4.13. The maximum absolute atomic E-state index is 12.8. The molecule has 1 aromatic heterocycles. The van der Waals surface area contributed by atoms with E-state index in [1.165, 1.54) is 18.4 Å². The number of carbonyl (C=O) groups excluding carboxylic acids is 1. The van der Waals surface area contributed by atoms with Gasteiger partial charge in [0.2, 0.25) is 0 Å². The molecule has 0 unspecified atom stereocenters. The van der Waals surface area contributed by atoms with E-state index in [1.807, 2.05) is 43.3 Å². The van der Waals surface area contributed by atoms with E-state index < -0.39 is 0 Å². The van der Waals surface area contributed by atoms with Crippen LogP contribution in [0.5, 0.6) is 0 Å². The van der Waals surface area contributed by atoms with Crippen LogP contribution in [0.15, 0.2) is 48.5 Å². The Morgan fingerprint density at radius 3 is 2.78 bits per heavy atom. The third-order valence-corrected chi connectivity index (χ3v) is 5.24. The number of hydrogen-bond acceptors (Lipinski definition) is 3.